The molecule has 0 rings (SSSR count). The Labute approximate surface area is 102 Å². The summed E-state index contributed by atoms with van der Waals surface area (Å²) >= 11 is 0. The standard InChI is InChI=1S/C13H30N2O/c1-5-13(3)12-15(4)10-9-14-8-7-11-16-6-2/h13-14H,5-12H2,1-4H3. The van der Waals surface area contributed by atoms with Gasteiger partial charge in [0.15, 0.2) is 0 Å². The molecule has 0 aromatic heterocycles. The van der Waals surface area contributed by atoms with Crippen LogP contribution in [0.25, 0.3) is 0 Å². The zero-order valence-electron chi connectivity index (χ0n) is 11.6. The molecule has 0 radical (unpaired) electrons. The molecule has 1 atom stereocenters. The predicted octanol–water partition coefficient (Wildman–Crippen LogP) is 1.98. The van der Waals surface area contributed by atoms with Crippen molar-refractivity contribution in [2.24, 2.45) is 5.92 Å². The normalized spacial score (nSPS) is 13.3. The molecule has 0 aliphatic carbocycles. The Bertz CT molecular complexity index is 142. The average Bonchev–Trinajstić information content (AvgIpc) is 2.27. The summed E-state index contributed by atoms with van der Waals surface area (Å²) in [5.41, 5.74) is 0. The highest BCUT2D eigenvalue weighted by Crippen LogP contribution is 2.01. The van der Waals surface area contributed by atoms with Crippen LogP contribution in [0, 0.1) is 5.92 Å². The maximum Gasteiger partial charge on any atom is 0.0477 e. The van der Waals surface area contributed by atoms with Gasteiger partial charge < -0.3 is 15.0 Å². The highest BCUT2D eigenvalue weighted by Gasteiger charge is 2.03. The van der Waals surface area contributed by atoms with Gasteiger partial charge in [0, 0.05) is 32.8 Å². The van der Waals surface area contributed by atoms with E-state index < -0.39 is 0 Å². The predicted molar refractivity (Wildman–Crippen MR) is 70.9 cm³/mol. The van der Waals surface area contributed by atoms with E-state index in [0.717, 1.165) is 45.2 Å². The first-order chi connectivity index (χ1) is 7.70. The van der Waals surface area contributed by atoms with E-state index in [0.29, 0.717) is 0 Å². The molecule has 3 heteroatoms. The van der Waals surface area contributed by atoms with E-state index in [9.17, 15) is 0 Å². The van der Waals surface area contributed by atoms with Crippen LogP contribution in [0.4, 0.5) is 0 Å². The van der Waals surface area contributed by atoms with E-state index >= 15 is 0 Å². The Hall–Kier alpha value is -0.120. The Kier molecular flexibility index (Phi) is 11.3. The Balaban J connectivity index is 3.18. The molecule has 16 heavy (non-hydrogen) atoms. The van der Waals surface area contributed by atoms with Crippen LogP contribution in [0.15, 0.2) is 0 Å². The first kappa shape index (κ1) is 15.9. The fraction of sp³-hybridized carbons (Fsp3) is 1.00. The smallest absolute Gasteiger partial charge is 0.0477 e. The lowest BCUT2D eigenvalue weighted by atomic mass is 10.1. The van der Waals surface area contributed by atoms with Crippen molar-refractivity contribution < 1.29 is 4.74 Å². The third-order valence-electron chi connectivity index (χ3n) is 2.84. The fourth-order valence-electron chi connectivity index (χ4n) is 1.59. The zero-order valence-corrected chi connectivity index (χ0v) is 11.6. The fourth-order valence-corrected chi connectivity index (χ4v) is 1.59. The third kappa shape index (κ3) is 10.4. The van der Waals surface area contributed by atoms with Crippen molar-refractivity contribution >= 4 is 0 Å². The maximum absolute atomic E-state index is 5.28. The number of hydrogen-bond donors (Lipinski definition) is 1. The van der Waals surface area contributed by atoms with Crippen molar-refractivity contribution in [2.45, 2.75) is 33.6 Å². The molecule has 0 amide bonds. The van der Waals surface area contributed by atoms with Gasteiger partial charge >= 0.3 is 0 Å². The summed E-state index contributed by atoms with van der Waals surface area (Å²) in [5.74, 6) is 0.808. The summed E-state index contributed by atoms with van der Waals surface area (Å²) in [5, 5.41) is 3.44. The van der Waals surface area contributed by atoms with Crippen LogP contribution in [0.2, 0.25) is 0 Å². The Morgan fingerprint density at radius 2 is 2.00 bits per heavy atom. The monoisotopic (exact) mass is 230 g/mol. The lowest BCUT2D eigenvalue weighted by Crippen LogP contribution is -2.32. The molecule has 0 aromatic rings. The first-order valence-corrected chi connectivity index (χ1v) is 6.67. The molecule has 0 heterocycles. The van der Waals surface area contributed by atoms with Gasteiger partial charge in [0.25, 0.3) is 0 Å². The zero-order chi connectivity index (χ0) is 12.2. The number of nitrogens with one attached hydrogen (secondary N) is 1. The van der Waals surface area contributed by atoms with Gasteiger partial charge in [-0.25, -0.2) is 0 Å². The molecule has 0 fully saturated rings. The third-order valence-corrected chi connectivity index (χ3v) is 2.84. The molecular formula is C13H30N2O. The molecule has 1 unspecified atom stereocenters. The van der Waals surface area contributed by atoms with Gasteiger partial charge in [-0.15, -0.1) is 0 Å². The molecule has 0 aromatic carbocycles. The van der Waals surface area contributed by atoms with Crippen molar-refractivity contribution in [1.29, 1.82) is 0 Å². The number of hydrogen-bond acceptors (Lipinski definition) is 3. The minimum absolute atomic E-state index is 0.808. The van der Waals surface area contributed by atoms with Crippen LogP contribution in [-0.2, 0) is 4.74 Å². The van der Waals surface area contributed by atoms with E-state index in [1.54, 1.807) is 0 Å². The van der Waals surface area contributed by atoms with Gasteiger partial charge in [0.05, 0.1) is 0 Å². The van der Waals surface area contributed by atoms with E-state index in [1.165, 1.54) is 13.0 Å². The molecule has 0 bridgehead atoms. The van der Waals surface area contributed by atoms with Crippen molar-refractivity contribution in [3.05, 3.63) is 0 Å². The summed E-state index contributed by atoms with van der Waals surface area (Å²) < 4.78 is 5.28. The molecular weight excluding hydrogens is 200 g/mol. The summed E-state index contributed by atoms with van der Waals surface area (Å²) in [7, 11) is 2.20. The Morgan fingerprint density at radius 3 is 2.62 bits per heavy atom. The topological polar surface area (TPSA) is 24.5 Å². The molecule has 98 valence electrons. The highest BCUT2D eigenvalue weighted by atomic mass is 16.5. The lowest BCUT2D eigenvalue weighted by molar-refractivity contribution is 0.144. The van der Waals surface area contributed by atoms with Gasteiger partial charge in [-0.3, -0.25) is 0 Å². The molecule has 0 saturated heterocycles. The summed E-state index contributed by atoms with van der Waals surface area (Å²) in [6, 6.07) is 0. The lowest BCUT2D eigenvalue weighted by Gasteiger charge is -2.20. The van der Waals surface area contributed by atoms with Gasteiger partial charge in [-0.2, -0.15) is 0 Å². The summed E-state index contributed by atoms with van der Waals surface area (Å²) in [4.78, 5) is 2.41. The van der Waals surface area contributed by atoms with Crippen LogP contribution in [-0.4, -0.2) is 51.3 Å². The first-order valence-electron chi connectivity index (χ1n) is 6.67. The minimum Gasteiger partial charge on any atom is -0.382 e. The molecule has 0 saturated carbocycles. The van der Waals surface area contributed by atoms with Crippen molar-refractivity contribution in [3.8, 4) is 0 Å². The summed E-state index contributed by atoms with van der Waals surface area (Å²) in [6.45, 7) is 12.8. The van der Waals surface area contributed by atoms with E-state index in [1.807, 2.05) is 6.92 Å². The minimum atomic E-state index is 0.808. The summed E-state index contributed by atoms with van der Waals surface area (Å²) in [6.07, 6.45) is 2.38. The molecule has 0 aliphatic heterocycles. The second kappa shape index (κ2) is 11.4. The van der Waals surface area contributed by atoms with Crippen LogP contribution in [0.5, 0.6) is 0 Å². The van der Waals surface area contributed by atoms with Crippen molar-refractivity contribution in [3.63, 3.8) is 0 Å². The van der Waals surface area contributed by atoms with Crippen LogP contribution in [0.3, 0.4) is 0 Å². The van der Waals surface area contributed by atoms with Crippen LogP contribution in [0.1, 0.15) is 33.6 Å². The van der Waals surface area contributed by atoms with Crippen molar-refractivity contribution in [2.75, 3.05) is 46.4 Å². The van der Waals surface area contributed by atoms with E-state index in [4.69, 9.17) is 4.74 Å². The van der Waals surface area contributed by atoms with E-state index in [2.05, 4.69) is 31.1 Å². The SMILES string of the molecule is CCOCCCNCCN(C)CC(C)CC. The van der Waals surface area contributed by atoms with Crippen LogP contribution >= 0.6 is 0 Å². The molecule has 0 spiro atoms. The second-order valence-corrected chi connectivity index (χ2v) is 4.58. The van der Waals surface area contributed by atoms with Gasteiger partial charge in [-0.1, -0.05) is 20.3 Å². The molecule has 3 nitrogen and oxygen atoms in total. The number of ether oxygens (including phenoxy) is 1. The highest BCUT2D eigenvalue weighted by molar-refractivity contribution is 4.59. The number of likely N-dealkylation sites (N-methyl/N-ethyl adjacent to an activating group) is 1. The molecule has 1 N–H and O–H groups in total. The molecule has 0 aliphatic rings. The second-order valence-electron chi connectivity index (χ2n) is 4.58. The number of rotatable bonds is 11. The number of nitrogens with zero attached hydrogens (tertiary/aromatic N) is 1. The van der Waals surface area contributed by atoms with Gasteiger partial charge in [0.1, 0.15) is 0 Å². The van der Waals surface area contributed by atoms with E-state index in [-0.39, 0.29) is 0 Å². The largest absolute Gasteiger partial charge is 0.382 e. The van der Waals surface area contributed by atoms with Crippen LogP contribution < -0.4 is 5.32 Å². The van der Waals surface area contributed by atoms with Crippen molar-refractivity contribution in [1.82, 2.24) is 10.2 Å². The van der Waals surface area contributed by atoms with Gasteiger partial charge in [-0.05, 0) is 32.9 Å². The Morgan fingerprint density at radius 1 is 1.25 bits per heavy atom. The average molecular weight is 230 g/mol. The van der Waals surface area contributed by atoms with Gasteiger partial charge in [0.2, 0.25) is 0 Å². The quantitative estimate of drug-likeness (QED) is 0.549. The maximum atomic E-state index is 5.28.